The first kappa shape index (κ1) is 14.7. The van der Waals surface area contributed by atoms with Crippen LogP contribution in [0.3, 0.4) is 0 Å². The molecule has 2 heteroatoms. The van der Waals surface area contributed by atoms with Crippen LogP contribution >= 0.6 is 11.3 Å². The molecule has 0 saturated carbocycles. The molecular formula is C15H27NS. The van der Waals surface area contributed by atoms with Crippen LogP contribution in [0, 0.1) is 5.92 Å². The standard InChI is InChI=1S/C15H27NS/c1-7-11(8-2)14(16-6)12-9-10-13(17-12)15(3,4)5/h9-11,14,16H,7-8H2,1-6H3. The number of hydrogen-bond donors (Lipinski definition) is 1. The number of nitrogens with one attached hydrogen (secondary N) is 1. The Morgan fingerprint density at radius 2 is 1.76 bits per heavy atom. The SMILES string of the molecule is CCC(CC)C(NC)c1ccc(C(C)(C)C)s1. The molecule has 1 unspecified atom stereocenters. The third-order valence-corrected chi connectivity index (χ3v) is 5.10. The van der Waals surface area contributed by atoms with E-state index in [9.17, 15) is 0 Å². The first-order valence-corrected chi connectivity index (χ1v) is 7.53. The van der Waals surface area contributed by atoms with Crippen molar-refractivity contribution < 1.29 is 0 Å². The molecule has 0 amide bonds. The minimum atomic E-state index is 0.273. The average Bonchev–Trinajstić information content (AvgIpc) is 2.74. The maximum atomic E-state index is 3.50. The van der Waals surface area contributed by atoms with Gasteiger partial charge >= 0.3 is 0 Å². The summed E-state index contributed by atoms with van der Waals surface area (Å²) in [5.74, 6) is 0.742. The van der Waals surface area contributed by atoms with Crippen LogP contribution in [0.1, 0.15) is 63.3 Å². The van der Waals surface area contributed by atoms with E-state index in [4.69, 9.17) is 0 Å². The van der Waals surface area contributed by atoms with Crippen LogP contribution in [0.4, 0.5) is 0 Å². The second-order valence-corrected chi connectivity index (χ2v) is 6.91. The van der Waals surface area contributed by atoms with Gasteiger partial charge in [0.25, 0.3) is 0 Å². The Hall–Kier alpha value is -0.340. The van der Waals surface area contributed by atoms with E-state index in [1.165, 1.54) is 22.6 Å². The maximum absolute atomic E-state index is 3.50. The van der Waals surface area contributed by atoms with Crippen molar-refractivity contribution in [2.75, 3.05) is 7.05 Å². The lowest BCUT2D eigenvalue weighted by atomic mass is 9.92. The molecule has 0 aliphatic carbocycles. The molecule has 0 radical (unpaired) electrons. The van der Waals surface area contributed by atoms with Crippen LogP contribution in [0.25, 0.3) is 0 Å². The molecule has 1 N–H and O–H groups in total. The van der Waals surface area contributed by atoms with Crippen LogP contribution in [-0.2, 0) is 5.41 Å². The van der Waals surface area contributed by atoms with Crippen LogP contribution in [0.5, 0.6) is 0 Å². The van der Waals surface area contributed by atoms with E-state index in [1.807, 2.05) is 11.3 Å². The summed E-state index contributed by atoms with van der Waals surface area (Å²) in [6.07, 6.45) is 2.48. The minimum Gasteiger partial charge on any atom is -0.312 e. The third kappa shape index (κ3) is 3.56. The lowest BCUT2D eigenvalue weighted by molar-refractivity contribution is 0.364. The highest BCUT2D eigenvalue weighted by Crippen LogP contribution is 2.36. The molecule has 98 valence electrons. The highest BCUT2D eigenvalue weighted by atomic mass is 32.1. The van der Waals surface area contributed by atoms with Crippen molar-refractivity contribution in [1.29, 1.82) is 0 Å². The molecule has 1 nitrogen and oxygen atoms in total. The van der Waals surface area contributed by atoms with E-state index < -0.39 is 0 Å². The molecule has 0 bridgehead atoms. The second-order valence-electron chi connectivity index (χ2n) is 5.79. The fourth-order valence-electron chi connectivity index (χ4n) is 2.29. The van der Waals surface area contributed by atoms with Crippen molar-refractivity contribution in [3.05, 3.63) is 21.9 Å². The van der Waals surface area contributed by atoms with E-state index in [0.29, 0.717) is 6.04 Å². The van der Waals surface area contributed by atoms with Gasteiger partial charge in [0, 0.05) is 15.8 Å². The van der Waals surface area contributed by atoms with Crippen molar-refractivity contribution in [2.24, 2.45) is 5.92 Å². The third-order valence-electron chi connectivity index (χ3n) is 3.50. The van der Waals surface area contributed by atoms with Gasteiger partial charge in [-0.1, -0.05) is 47.5 Å². The van der Waals surface area contributed by atoms with Gasteiger partial charge in [0.05, 0.1) is 0 Å². The lowest BCUT2D eigenvalue weighted by Gasteiger charge is -2.24. The lowest BCUT2D eigenvalue weighted by Crippen LogP contribution is -2.23. The molecule has 0 aromatic carbocycles. The van der Waals surface area contributed by atoms with Gasteiger partial charge < -0.3 is 5.32 Å². The first-order chi connectivity index (χ1) is 7.93. The summed E-state index contributed by atoms with van der Waals surface area (Å²) in [6, 6.07) is 5.13. The summed E-state index contributed by atoms with van der Waals surface area (Å²) >= 11 is 1.97. The molecule has 1 atom stereocenters. The zero-order valence-electron chi connectivity index (χ0n) is 12.1. The number of hydrogen-bond acceptors (Lipinski definition) is 2. The Balaban J connectivity index is 2.93. The van der Waals surface area contributed by atoms with Crippen molar-refractivity contribution in [2.45, 2.75) is 58.9 Å². The largest absolute Gasteiger partial charge is 0.312 e. The van der Waals surface area contributed by atoms with Crippen molar-refractivity contribution in [3.8, 4) is 0 Å². The predicted molar refractivity (Wildman–Crippen MR) is 78.9 cm³/mol. The summed E-state index contributed by atoms with van der Waals surface area (Å²) in [5, 5.41) is 3.50. The molecular weight excluding hydrogens is 226 g/mol. The van der Waals surface area contributed by atoms with Crippen LogP contribution < -0.4 is 5.32 Å². The summed E-state index contributed by atoms with van der Waals surface area (Å²) in [5.41, 5.74) is 0.273. The summed E-state index contributed by atoms with van der Waals surface area (Å²) < 4.78 is 0. The van der Waals surface area contributed by atoms with Crippen LogP contribution in [-0.4, -0.2) is 7.05 Å². The molecule has 0 aliphatic heterocycles. The van der Waals surface area contributed by atoms with Gasteiger partial charge in [0.2, 0.25) is 0 Å². The van der Waals surface area contributed by atoms with E-state index in [1.54, 1.807) is 0 Å². The fraction of sp³-hybridized carbons (Fsp3) is 0.733. The predicted octanol–water partition coefficient (Wildman–Crippen LogP) is 4.74. The van der Waals surface area contributed by atoms with Crippen molar-refractivity contribution in [3.63, 3.8) is 0 Å². The highest BCUT2D eigenvalue weighted by Gasteiger charge is 2.23. The Morgan fingerprint density at radius 3 is 2.12 bits per heavy atom. The number of thiophene rings is 1. The molecule has 0 spiro atoms. The zero-order valence-corrected chi connectivity index (χ0v) is 12.9. The highest BCUT2D eigenvalue weighted by molar-refractivity contribution is 7.12. The van der Waals surface area contributed by atoms with Gasteiger partial charge in [0.1, 0.15) is 0 Å². The molecule has 1 heterocycles. The molecule has 1 rings (SSSR count). The van der Waals surface area contributed by atoms with Gasteiger partial charge in [0.15, 0.2) is 0 Å². The van der Waals surface area contributed by atoms with Crippen LogP contribution in [0.15, 0.2) is 12.1 Å². The first-order valence-electron chi connectivity index (χ1n) is 6.71. The molecule has 1 aromatic rings. The van der Waals surface area contributed by atoms with Crippen molar-refractivity contribution >= 4 is 11.3 Å². The van der Waals surface area contributed by atoms with E-state index >= 15 is 0 Å². The minimum absolute atomic E-state index is 0.273. The molecule has 0 aliphatic rings. The van der Waals surface area contributed by atoms with E-state index in [-0.39, 0.29) is 5.41 Å². The van der Waals surface area contributed by atoms with Gasteiger partial charge in [-0.2, -0.15) is 0 Å². The van der Waals surface area contributed by atoms with Crippen LogP contribution in [0.2, 0.25) is 0 Å². The normalized spacial score (nSPS) is 14.3. The summed E-state index contributed by atoms with van der Waals surface area (Å²) in [6.45, 7) is 11.4. The number of rotatable bonds is 5. The molecule has 0 saturated heterocycles. The Labute approximate surface area is 111 Å². The summed E-state index contributed by atoms with van der Waals surface area (Å²) in [7, 11) is 2.08. The smallest absolute Gasteiger partial charge is 0.0440 e. The Morgan fingerprint density at radius 1 is 1.18 bits per heavy atom. The quantitative estimate of drug-likeness (QED) is 0.799. The topological polar surface area (TPSA) is 12.0 Å². The second kappa shape index (κ2) is 6.01. The molecule has 1 aromatic heterocycles. The van der Waals surface area contributed by atoms with E-state index in [2.05, 4.69) is 59.1 Å². The van der Waals surface area contributed by atoms with Gasteiger partial charge in [-0.15, -0.1) is 11.3 Å². The molecule has 17 heavy (non-hydrogen) atoms. The molecule has 0 fully saturated rings. The van der Waals surface area contributed by atoms with E-state index in [0.717, 1.165) is 5.92 Å². The fourth-order valence-corrected chi connectivity index (χ4v) is 3.56. The Kier molecular flexibility index (Phi) is 5.21. The average molecular weight is 253 g/mol. The summed E-state index contributed by atoms with van der Waals surface area (Å²) in [4.78, 5) is 2.98. The maximum Gasteiger partial charge on any atom is 0.0440 e. The Bertz CT molecular complexity index is 331. The van der Waals surface area contributed by atoms with Crippen molar-refractivity contribution in [1.82, 2.24) is 5.32 Å². The van der Waals surface area contributed by atoms with Gasteiger partial charge in [-0.3, -0.25) is 0 Å². The van der Waals surface area contributed by atoms with Gasteiger partial charge in [-0.05, 0) is 30.5 Å². The monoisotopic (exact) mass is 253 g/mol. The van der Waals surface area contributed by atoms with Gasteiger partial charge in [-0.25, -0.2) is 0 Å². The zero-order chi connectivity index (χ0) is 13.1.